The molecule has 0 aliphatic carbocycles. The van der Waals surface area contributed by atoms with Crippen LogP contribution in [0, 0.1) is 0 Å². The van der Waals surface area contributed by atoms with E-state index in [1.807, 2.05) is 0 Å². The predicted molar refractivity (Wildman–Crippen MR) is 296 cm³/mol. The summed E-state index contributed by atoms with van der Waals surface area (Å²) in [6.45, 7) is 4.93. The second-order valence-electron chi connectivity index (χ2n) is 21.0. The Bertz CT molecular complexity index is 1060. The highest BCUT2D eigenvalue weighted by molar-refractivity contribution is 5.76. The number of ether oxygens (including phenoxy) is 1. The van der Waals surface area contributed by atoms with Crippen LogP contribution in [0.5, 0.6) is 0 Å². The van der Waals surface area contributed by atoms with Crippen LogP contribution < -0.4 is 5.32 Å². The lowest BCUT2D eigenvalue weighted by Crippen LogP contribution is -2.45. The maximum atomic E-state index is 12.5. The molecule has 0 spiro atoms. The van der Waals surface area contributed by atoms with Crippen LogP contribution in [0.3, 0.4) is 0 Å². The fraction of sp³-hybridized carbons (Fsp3) is 0.903. The van der Waals surface area contributed by atoms with Crippen LogP contribution >= 0.6 is 0 Å². The molecule has 0 rings (SSSR count). The number of hydrogen-bond acceptors (Lipinski definition) is 5. The van der Waals surface area contributed by atoms with Crippen LogP contribution in [0.1, 0.15) is 335 Å². The van der Waals surface area contributed by atoms with Crippen molar-refractivity contribution in [2.75, 3.05) is 13.2 Å². The van der Waals surface area contributed by atoms with Gasteiger partial charge in [-0.15, -0.1) is 0 Å². The predicted octanol–water partition coefficient (Wildman–Crippen LogP) is 19.0. The molecule has 0 radical (unpaired) electrons. The lowest BCUT2D eigenvalue weighted by Gasteiger charge is -2.22. The molecule has 0 aliphatic heterocycles. The topological polar surface area (TPSA) is 95.9 Å². The highest BCUT2D eigenvalue weighted by atomic mass is 16.5. The molecule has 1 amide bonds. The summed E-state index contributed by atoms with van der Waals surface area (Å²) < 4.78 is 5.45. The van der Waals surface area contributed by atoms with Crippen LogP contribution in [0.4, 0.5) is 0 Å². The van der Waals surface area contributed by atoms with Gasteiger partial charge >= 0.3 is 5.97 Å². The van der Waals surface area contributed by atoms with Gasteiger partial charge < -0.3 is 20.3 Å². The summed E-state index contributed by atoms with van der Waals surface area (Å²) in [6, 6.07) is -0.547. The summed E-state index contributed by atoms with van der Waals surface area (Å²) in [5.41, 5.74) is 0. The molecule has 2 atom stereocenters. The maximum absolute atomic E-state index is 12.5. The Morgan fingerprint density at radius 3 is 1.09 bits per heavy atom. The third-order valence-electron chi connectivity index (χ3n) is 14.2. The zero-order valence-corrected chi connectivity index (χ0v) is 45.9. The zero-order valence-electron chi connectivity index (χ0n) is 45.9. The third kappa shape index (κ3) is 53.7. The molecule has 0 saturated carbocycles. The number of allylic oxidation sites excluding steroid dienone is 4. The highest BCUT2D eigenvalue weighted by Crippen LogP contribution is 2.17. The van der Waals surface area contributed by atoms with Gasteiger partial charge in [0.15, 0.2) is 0 Å². The molecule has 0 aromatic heterocycles. The van der Waals surface area contributed by atoms with E-state index < -0.39 is 12.1 Å². The SMILES string of the molecule is CCCC/C=C\CCCCCCCC(=O)OCCCCCCCCCCCCC/C=C\CCCCCCCCCC(=O)NC(CO)C(O)CCCCCCCCCCCCCCCCCCCC. The molecule has 6 nitrogen and oxygen atoms in total. The van der Waals surface area contributed by atoms with Crippen LogP contribution in [0.25, 0.3) is 0 Å². The number of carbonyl (C=O) groups is 2. The molecule has 0 aliphatic rings. The van der Waals surface area contributed by atoms with Gasteiger partial charge in [0.2, 0.25) is 5.91 Å². The first kappa shape index (κ1) is 66.3. The Kier molecular flexibility index (Phi) is 56.5. The summed E-state index contributed by atoms with van der Waals surface area (Å²) in [5, 5.41) is 23.3. The number of aliphatic hydroxyl groups excluding tert-OH is 2. The van der Waals surface area contributed by atoms with Crippen molar-refractivity contribution in [3.8, 4) is 0 Å². The van der Waals surface area contributed by atoms with E-state index in [-0.39, 0.29) is 18.5 Å². The summed E-state index contributed by atoms with van der Waals surface area (Å²) >= 11 is 0. The molecule has 0 bridgehead atoms. The van der Waals surface area contributed by atoms with Crippen molar-refractivity contribution in [1.82, 2.24) is 5.32 Å². The second kappa shape index (κ2) is 57.9. The average molecular weight is 959 g/mol. The minimum atomic E-state index is -0.669. The Morgan fingerprint density at radius 2 is 0.706 bits per heavy atom. The van der Waals surface area contributed by atoms with Gasteiger partial charge in [-0.2, -0.15) is 0 Å². The van der Waals surface area contributed by atoms with Gasteiger partial charge in [-0.3, -0.25) is 9.59 Å². The molecule has 0 saturated heterocycles. The van der Waals surface area contributed by atoms with Crippen LogP contribution in [-0.2, 0) is 14.3 Å². The largest absolute Gasteiger partial charge is 0.466 e. The quantitative estimate of drug-likeness (QED) is 0.0321. The first-order chi connectivity index (χ1) is 33.5. The van der Waals surface area contributed by atoms with Gasteiger partial charge in [0.25, 0.3) is 0 Å². The molecule has 3 N–H and O–H groups in total. The number of hydrogen-bond donors (Lipinski definition) is 3. The minimum Gasteiger partial charge on any atom is -0.466 e. The Hall–Kier alpha value is -1.66. The van der Waals surface area contributed by atoms with E-state index in [2.05, 4.69) is 43.5 Å². The number of rotatable bonds is 57. The van der Waals surface area contributed by atoms with Crippen molar-refractivity contribution in [3.05, 3.63) is 24.3 Å². The summed E-state index contributed by atoms with van der Waals surface area (Å²) in [6.07, 6.45) is 70.4. The molecule has 2 unspecified atom stereocenters. The number of carbonyl (C=O) groups excluding carboxylic acids is 2. The van der Waals surface area contributed by atoms with Crippen LogP contribution in [0.15, 0.2) is 24.3 Å². The summed E-state index contributed by atoms with van der Waals surface area (Å²) in [7, 11) is 0. The van der Waals surface area contributed by atoms with Crippen molar-refractivity contribution in [1.29, 1.82) is 0 Å². The second-order valence-corrected chi connectivity index (χ2v) is 21.0. The van der Waals surface area contributed by atoms with Crippen molar-refractivity contribution < 1.29 is 24.5 Å². The molecule has 0 heterocycles. The third-order valence-corrected chi connectivity index (χ3v) is 14.2. The lowest BCUT2D eigenvalue weighted by atomic mass is 10.0. The number of amides is 1. The average Bonchev–Trinajstić information content (AvgIpc) is 3.34. The number of aliphatic hydroxyl groups is 2. The monoisotopic (exact) mass is 958 g/mol. The van der Waals surface area contributed by atoms with Crippen LogP contribution in [-0.4, -0.2) is 47.4 Å². The molecular formula is C62H119NO5. The van der Waals surface area contributed by atoms with Crippen molar-refractivity contribution in [2.45, 2.75) is 347 Å². The summed E-state index contributed by atoms with van der Waals surface area (Å²) in [5.74, 6) is -0.0403. The lowest BCUT2D eigenvalue weighted by molar-refractivity contribution is -0.143. The zero-order chi connectivity index (χ0) is 49.3. The molecule has 6 heteroatoms. The van der Waals surface area contributed by atoms with E-state index >= 15 is 0 Å². The Labute approximate surface area is 424 Å². The molecule has 0 fully saturated rings. The van der Waals surface area contributed by atoms with Crippen molar-refractivity contribution in [3.63, 3.8) is 0 Å². The molecule has 0 aromatic carbocycles. The van der Waals surface area contributed by atoms with E-state index in [0.29, 0.717) is 25.9 Å². The summed E-state index contributed by atoms with van der Waals surface area (Å²) in [4.78, 5) is 24.5. The Morgan fingerprint density at radius 1 is 0.397 bits per heavy atom. The van der Waals surface area contributed by atoms with Crippen molar-refractivity contribution >= 4 is 11.9 Å². The van der Waals surface area contributed by atoms with Crippen molar-refractivity contribution in [2.24, 2.45) is 0 Å². The van der Waals surface area contributed by atoms with Crippen LogP contribution in [0.2, 0.25) is 0 Å². The number of unbranched alkanes of at least 4 members (excludes halogenated alkanes) is 42. The first-order valence-electron chi connectivity index (χ1n) is 30.6. The molecule has 0 aromatic rings. The van der Waals surface area contributed by atoms with Gasteiger partial charge in [0.05, 0.1) is 25.4 Å². The standard InChI is InChI=1S/C62H119NO5/c1-3-5-7-9-11-13-15-16-17-18-25-28-31-35-38-42-46-50-54-60(65)59(58-64)63-61(66)55-51-47-43-39-36-32-29-26-23-21-19-20-22-24-27-30-33-37-41-45-49-53-57-68-62(67)56-52-48-44-40-34-14-12-10-8-6-4-2/h10,12,21,23,59-60,64-65H,3-9,11,13-20,22,24-58H2,1-2H3,(H,63,66)/b12-10-,23-21-. The molecule has 402 valence electrons. The van der Waals surface area contributed by atoms with E-state index in [4.69, 9.17) is 4.74 Å². The van der Waals surface area contributed by atoms with E-state index in [9.17, 15) is 19.8 Å². The molecular weight excluding hydrogens is 839 g/mol. The van der Waals surface area contributed by atoms with Gasteiger partial charge in [-0.1, -0.05) is 276 Å². The van der Waals surface area contributed by atoms with E-state index in [1.54, 1.807) is 0 Å². The smallest absolute Gasteiger partial charge is 0.305 e. The fourth-order valence-electron chi connectivity index (χ4n) is 9.50. The maximum Gasteiger partial charge on any atom is 0.305 e. The van der Waals surface area contributed by atoms with E-state index in [0.717, 1.165) is 44.9 Å². The van der Waals surface area contributed by atoms with Gasteiger partial charge in [-0.25, -0.2) is 0 Å². The molecule has 68 heavy (non-hydrogen) atoms. The minimum absolute atomic E-state index is 0.000842. The van der Waals surface area contributed by atoms with Gasteiger partial charge in [-0.05, 0) is 70.6 Å². The van der Waals surface area contributed by atoms with Gasteiger partial charge in [0, 0.05) is 12.8 Å². The first-order valence-corrected chi connectivity index (χ1v) is 30.6. The fourth-order valence-corrected chi connectivity index (χ4v) is 9.50. The Balaban J connectivity index is 3.43. The number of esters is 1. The highest BCUT2D eigenvalue weighted by Gasteiger charge is 2.20. The van der Waals surface area contributed by atoms with E-state index in [1.165, 1.54) is 257 Å². The van der Waals surface area contributed by atoms with Gasteiger partial charge in [0.1, 0.15) is 0 Å². The number of nitrogens with one attached hydrogen (secondary N) is 1. The normalized spacial score (nSPS) is 12.7.